The first kappa shape index (κ1) is 20.2. The van der Waals surface area contributed by atoms with Crippen molar-refractivity contribution in [3.05, 3.63) is 29.3 Å². The lowest BCUT2D eigenvalue weighted by Gasteiger charge is -2.39. The second kappa shape index (κ2) is 9.13. The Morgan fingerprint density at radius 3 is 1.75 bits per heavy atom. The molecular weight excluding hydrogens is 354 g/mol. The molecule has 0 spiro atoms. The molecule has 0 amide bonds. The van der Waals surface area contributed by atoms with Crippen molar-refractivity contribution in [2.24, 2.45) is 23.7 Å². The van der Waals surface area contributed by atoms with E-state index in [1.165, 1.54) is 64.2 Å². The maximum Gasteiger partial charge on any atom is 0.200 e. The average molecular weight is 391 g/mol. The molecule has 28 heavy (non-hydrogen) atoms. The summed E-state index contributed by atoms with van der Waals surface area (Å²) in [5.74, 6) is 2.40. The molecule has 3 heteroatoms. The normalized spacial score (nSPS) is 31.8. The minimum atomic E-state index is -0.813. The van der Waals surface area contributed by atoms with Gasteiger partial charge < -0.3 is 4.74 Å². The number of hydrogen-bond acceptors (Lipinski definition) is 1. The Kier molecular flexibility index (Phi) is 6.58. The fraction of sp³-hybridized carbons (Fsp3) is 0.760. The summed E-state index contributed by atoms with van der Waals surface area (Å²) in [6.45, 7) is 2.14. The predicted octanol–water partition coefficient (Wildman–Crippen LogP) is 7.63. The third-order valence-electron chi connectivity index (χ3n) is 8.14. The van der Waals surface area contributed by atoms with Crippen molar-refractivity contribution in [3.8, 4) is 5.75 Å². The highest BCUT2D eigenvalue weighted by Crippen LogP contribution is 2.47. The van der Waals surface area contributed by atoms with Crippen LogP contribution in [0, 0.1) is 35.3 Å². The van der Waals surface area contributed by atoms with Gasteiger partial charge in [-0.2, -0.15) is 4.39 Å². The van der Waals surface area contributed by atoms with Crippen molar-refractivity contribution in [2.45, 2.75) is 89.9 Å². The summed E-state index contributed by atoms with van der Waals surface area (Å²) in [6.07, 6.45) is 15.9. The van der Waals surface area contributed by atoms with Crippen LogP contribution >= 0.6 is 0 Å². The summed E-state index contributed by atoms with van der Waals surface area (Å²) >= 11 is 0. The van der Waals surface area contributed by atoms with Crippen molar-refractivity contribution < 1.29 is 13.5 Å². The third-order valence-corrected chi connectivity index (χ3v) is 8.14. The number of halogens is 2. The van der Waals surface area contributed by atoms with Gasteiger partial charge in [0.15, 0.2) is 11.6 Å². The molecule has 3 fully saturated rings. The minimum absolute atomic E-state index is 0.0384. The fourth-order valence-electron chi connectivity index (χ4n) is 6.55. The smallest absolute Gasteiger partial charge is 0.200 e. The van der Waals surface area contributed by atoms with Crippen molar-refractivity contribution in [3.63, 3.8) is 0 Å². The lowest BCUT2D eigenvalue weighted by atomic mass is 9.66. The van der Waals surface area contributed by atoms with Crippen molar-refractivity contribution in [1.82, 2.24) is 0 Å². The van der Waals surface area contributed by atoms with Crippen LogP contribution in [0.3, 0.4) is 0 Å². The summed E-state index contributed by atoms with van der Waals surface area (Å²) in [5.41, 5.74) is 0.560. The maximum absolute atomic E-state index is 14.6. The molecule has 0 N–H and O–H groups in total. The molecule has 3 saturated carbocycles. The summed E-state index contributed by atoms with van der Waals surface area (Å²) in [5, 5.41) is 0. The quantitative estimate of drug-likeness (QED) is 0.502. The first-order chi connectivity index (χ1) is 13.7. The fourth-order valence-corrected chi connectivity index (χ4v) is 6.55. The molecule has 0 heterocycles. The van der Waals surface area contributed by atoms with Gasteiger partial charge in [0, 0.05) is 0 Å². The van der Waals surface area contributed by atoms with Gasteiger partial charge in [0.1, 0.15) is 0 Å². The van der Waals surface area contributed by atoms with Crippen LogP contribution in [0.25, 0.3) is 0 Å². The summed E-state index contributed by atoms with van der Waals surface area (Å²) in [7, 11) is 0. The lowest BCUT2D eigenvalue weighted by molar-refractivity contribution is 0.135. The van der Waals surface area contributed by atoms with Crippen LogP contribution in [0.5, 0.6) is 5.75 Å². The molecule has 4 rings (SSSR count). The van der Waals surface area contributed by atoms with Gasteiger partial charge in [-0.25, -0.2) is 4.39 Å². The van der Waals surface area contributed by atoms with Crippen LogP contribution in [0.1, 0.15) is 95.5 Å². The molecule has 3 aliphatic carbocycles. The van der Waals surface area contributed by atoms with E-state index in [4.69, 9.17) is 4.74 Å². The van der Waals surface area contributed by atoms with E-state index < -0.39 is 11.6 Å². The molecule has 156 valence electrons. The number of benzene rings is 1. The van der Waals surface area contributed by atoms with Gasteiger partial charge in [0.25, 0.3) is 0 Å². The maximum atomic E-state index is 14.6. The van der Waals surface area contributed by atoms with E-state index in [-0.39, 0.29) is 11.7 Å². The first-order valence-electron chi connectivity index (χ1n) is 11.8. The molecular formula is C25H36F2O. The van der Waals surface area contributed by atoms with Crippen LogP contribution in [0.4, 0.5) is 8.78 Å². The molecule has 0 radical (unpaired) electrons. The first-order valence-corrected chi connectivity index (χ1v) is 11.8. The second-order valence-corrected chi connectivity index (χ2v) is 9.55. The molecule has 1 nitrogen and oxygen atoms in total. The van der Waals surface area contributed by atoms with E-state index in [0.29, 0.717) is 12.2 Å². The second-order valence-electron chi connectivity index (χ2n) is 9.55. The van der Waals surface area contributed by atoms with Crippen molar-refractivity contribution in [2.75, 3.05) is 6.61 Å². The van der Waals surface area contributed by atoms with Gasteiger partial charge >= 0.3 is 0 Å². The molecule has 1 aromatic rings. The Hall–Kier alpha value is -1.12. The van der Waals surface area contributed by atoms with E-state index in [0.717, 1.165) is 36.5 Å². The van der Waals surface area contributed by atoms with Crippen molar-refractivity contribution in [1.29, 1.82) is 0 Å². The highest BCUT2D eigenvalue weighted by molar-refractivity contribution is 5.33. The van der Waals surface area contributed by atoms with Gasteiger partial charge in [-0.15, -0.1) is 0 Å². The molecule has 0 saturated heterocycles. The number of ether oxygens (including phenoxy) is 1. The third kappa shape index (κ3) is 4.24. The van der Waals surface area contributed by atoms with E-state index >= 15 is 0 Å². The number of rotatable bonds is 5. The minimum Gasteiger partial charge on any atom is -0.491 e. The molecule has 0 bridgehead atoms. The topological polar surface area (TPSA) is 9.23 Å². The Balaban J connectivity index is 1.30. The highest BCUT2D eigenvalue weighted by atomic mass is 19.2. The van der Waals surface area contributed by atoms with E-state index in [1.54, 1.807) is 19.1 Å². The van der Waals surface area contributed by atoms with Gasteiger partial charge in [-0.3, -0.25) is 0 Å². The van der Waals surface area contributed by atoms with Gasteiger partial charge in [0.2, 0.25) is 5.82 Å². The zero-order chi connectivity index (χ0) is 19.5. The van der Waals surface area contributed by atoms with Crippen LogP contribution in [0.2, 0.25) is 0 Å². The summed E-state index contributed by atoms with van der Waals surface area (Å²) < 4.78 is 34.0. The molecule has 0 aromatic heterocycles. The summed E-state index contributed by atoms with van der Waals surface area (Å²) in [4.78, 5) is 0. The molecule has 0 unspecified atom stereocenters. The Bertz CT molecular complexity index is 636. The average Bonchev–Trinajstić information content (AvgIpc) is 3.27. The largest absolute Gasteiger partial charge is 0.491 e. The van der Waals surface area contributed by atoms with E-state index in [9.17, 15) is 8.78 Å². The highest BCUT2D eigenvalue weighted by Gasteiger charge is 2.35. The van der Waals surface area contributed by atoms with Crippen LogP contribution < -0.4 is 4.74 Å². The Morgan fingerprint density at radius 2 is 1.21 bits per heavy atom. The Morgan fingerprint density at radius 1 is 0.714 bits per heavy atom. The van der Waals surface area contributed by atoms with Gasteiger partial charge in [-0.05, 0) is 99.5 Å². The summed E-state index contributed by atoms with van der Waals surface area (Å²) in [6, 6.07) is 3.36. The monoisotopic (exact) mass is 390 g/mol. The molecule has 0 aliphatic heterocycles. The predicted molar refractivity (Wildman–Crippen MR) is 110 cm³/mol. The van der Waals surface area contributed by atoms with E-state index in [1.807, 2.05) is 0 Å². The number of hydrogen-bond donors (Lipinski definition) is 0. The standard InChI is InChI=1S/C25H36F2O/c1-2-28-23-16-15-22(24(26)25(23)27)21-13-11-20(12-14-21)19-9-7-18(8-10-19)17-5-3-4-6-17/h15-21H,2-14H2,1H3. The molecule has 0 atom stereocenters. The van der Waals surface area contributed by atoms with Gasteiger partial charge in [0.05, 0.1) is 6.61 Å². The van der Waals surface area contributed by atoms with Crippen LogP contribution in [-0.2, 0) is 0 Å². The molecule has 3 aliphatic rings. The molecule has 1 aromatic carbocycles. The zero-order valence-electron chi connectivity index (χ0n) is 17.4. The lowest BCUT2D eigenvalue weighted by Crippen LogP contribution is -2.27. The van der Waals surface area contributed by atoms with Crippen molar-refractivity contribution >= 4 is 0 Å². The SMILES string of the molecule is CCOc1ccc(C2CCC(C3CCC(C4CCCC4)CC3)CC2)c(F)c1F. The Labute approximate surface area is 169 Å². The van der Waals surface area contributed by atoms with Crippen LogP contribution in [0.15, 0.2) is 12.1 Å². The van der Waals surface area contributed by atoms with Crippen LogP contribution in [-0.4, -0.2) is 6.61 Å². The van der Waals surface area contributed by atoms with Gasteiger partial charge in [-0.1, -0.05) is 31.7 Å². The zero-order valence-corrected chi connectivity index (χ0v) is 17.4. The van der Waals surface area contributed by atoms with E-state index in [2.05, 4.69) is 0 Å².